The molecule has 0 aliphatic heterocycles. The highest BCUT2D eigenvalue weighted by Crippen LogP contribution is 2.18. The molecule has 0 heterocycles. The van der Waals surface area contributed by atoms with Crippen molar-refractivity contribution in [1.29, 1.82) is 0 Å². The lowest BCUT2D eigenvalue weighted by Gasteiger charge is -2.13. The van der Waals surface area contributed by atoms with Crippen molar-refractivity contribution < 1.29 is 19.4 Å². The zero-order chi connectivity index (χ0) is 12.7. The Morgan fingerprint density at radius 1 is 1.53 bits per heavy atom. The van der Waals surface area contributed by atoms with Crippen LogP contribution in [0, 0.1) is 5.92 Å². The Morgan fingerprint density at radius 3 is 2.88 bits per heavy atom. The number of aliphatic carboxylic acids is 1. The van der Waals surface area contributed by atoms with Gasteiger partial charge in [0.05, 0.1) is 5.92 Å². The SMILES string of the molecule is COCCC(COc1cccc(Br)c1)C(=O)O. The van der Waals surface area contributed by atoms with Crippen LogP contribution < -0.4 is 4.74 Å². The molecule has 5 heteroatoms. The molecule has 1 atom stereocenters. The summed E-state index contributed by atoms with van der Waals surface area (Å²) in [6, 6.07) is 7.31. The summed E-state index contributed by atoms with van der Waals surface area (Å²) in [5.41, 5.74) is 0. The van der Waals surface area contributed by atoms with Gasteiger partial charge in [-0.15, -0.1) is 0 Å². The van der Waals surface area contributed by atoms with Crippen LogP contribution in [-0.4, -0.2) is 31.4 Å². The van der Waals surface area contributed by atoms with Gasteiger partial charge < -0.3 is 14.6 Å². The van der Waals surface area contributed by atoms with E-state index < -0.39 is 11.9 Å². The minimum Gasteiger partial charge on any atom is -0.493 e. The quantitative estimate of drug-likeness (QED) is 0.841. The van der Waals surface area contributed by atoms with Gasteiger partial charge in [0.1, 0.15) is 12.4 Å². The molecule has 17 heavy (non-hydrogen) atoms. The number of ether oxygens (including phenoxy) is 2. The Hall–Kier alpha value is -1.07. The van der Waals surface area contributed by atoms with Crippen LogP contribution in [0.3, 0.4) is 0 Å². The summed E-state index contributed by atoms with van der Waals surface area (Å²) in [6.45, 7) is 0.563. The third-order valence-corrected chi connectivity index (χ3v) is 2.76. The molecule has 0 saturated carbocycles. The molecule has 0 aliphatic carbocycles. The van der Waals surface area contributed by atoms with Gasteiger partial charge in [0.15, 0.2) is 0 Å². The fraction of sp³-hybridized carbons (Fsp3) is 0.417. The van der Waals surface area contributed by atoms with Crippen LogP contribution in [0.1, 0.15) is 6.42 Å². The molecule has 0 amide bonds. The van der Waals surface area contributed by atoms with Gasteiger partial charge in [0.25, 0.3) is 0 Å². The van der Waals surface area contributed by atoms with Crippen molar-refractivity contribution in [2.75, 3.05) is 20.3 Å². The summed E-state index contributed by atoms with van der Waals surface area (Å²) in [6.07, 6.45) is 0.444. The van der Waals surface area contributed by atoms with E-state index in [1.807, 2.05) is 12.1 Å². The lowest BCUT2D eigenvalue weighted by Crippen LogP contribution is -2.23. The second kappa shape index (κ2) is 7.29. The average molecular weight is 303 g/mol. The zero-order valence-electron chi connectivity index (χ0n) is 9.56. The number of carboxylic acid groups (broad SMARTS) is 1. The normalized spacial score (nSPS) is 12.1. The number of halogens is 1. The van der Waals surface area contributed by atoms with E-state index in [2.05, 4.69) is 15.9 Å². The van der Waals surface area contributed by atoms with Gasteiger partial charge in [-0.05, 0) is 24.6 Å². The lowest BCUT2D eigenvalue weighted by molar-refractivity contribution is -0.143. The molecule has 0 spiro atoms. The molecule has 1 N–H and O–H groups in total. The van der Waals surface area contributed by atoms with Crippen molar-refractivity contribution in [1.82, 2.24) is 0 Å². The van der Waals surface area contributed by atoms with Gasteiger partial charge >= 0.3 is 5.97 Å². The third kappa shape index (κ3) is 5.19. The minimum atomic E-state index is -0.864. The van der Waals surface area contributed by atoms with E-state index in [4.69, 9.17) is 14.6 Å². The van der Waals surface area contributed by atoms with E-state index in [-0.39, 0.29) is 6.61 Å². The van der Waals surface area contributed by atoms with E-state index in [1.165, 1.54) is 0 Å². The van der Waals surface area contributed by atoms with Gasteiger partial charge in [-0.25, -0.2) is 0 Å². The number of hydrogen-bond donors (Lipinski definition) is 1. The Balaban J connectivity index is 2.48. The van der Waals surface area contributed by atoms with Gasteiger partial charge in [-0.3, -0.25) is 4.79 Å². The number of methoxy groups -OCH3 is 1. The molecule has 0 saturated heterocycles. The van der Waals surface area contributed by atoms with E-state index in [0.29, 0.717) is 18.8 Å². The van der Waals surface area contributed by atoms with Crippen molar-refractivity contribution in [3.63, 3.8) is 0 Å². The number of benzene rings is 1. The van der Waals surface area contributed by atoms with Gasteiger partial charge in [0, 0.05) is 18.2 Å². The molecule has 1 unspecified atom stereocenters. The number of carbonyl (C=O) groups is 1. The Labute approximate surface area is 109 Å². The Morgan fingerprint density at radius 2 is 2.29 bits per heavy atom. The third-order valence-electron chi connectivity index (χ3n) is 2.27. The first-order chi connectivity index (χ1) is 8.13. The maximum atomic E-state index is 10.9. The highest BCUT2D eigenvalue weighted by molar-refractivity contribution is 9.10. The van der Waals surface area contributed by atoms with E-state index in [9.17, 15) is 4.79 Å². The summed E-state index contributed by atoms with van der Waals surface area (Å²) in [4.78, 5) is 10.9. The molecule has 1 aromatic carbocycles. The van der Waals surface area contributed by atoms with Crippen molar-refractivity contribution in [2.45, 2.75) is 6.42 Å². The van der Waals surface area contributed by atoms with Gasteiger partial charge in [0.2, 0.25) is 0 Å². The minimum absolute atomic E-state index is 0.148. The van der Waals surface area contributed by atoms with Crippen LogP contribution in [-0.2, 0) is 9.53 Å². The Kier molecular flexibility index (Phi) is 6.00. The standard InChI is InChI=1S/C12H15BrO4/c1-16-6-5-9(12(14)15)8-17-11-4-2-3-10(13)7-11/h2-4,7,9H,5-6,8H2,1H3,(H,14,15). The molecular weight excluding hydrogens is 288 g/mol. The van der Waals surface area contributed by atoms with Crippen molar-refractivity contribution >= 4 is 21.9 Å². The molecule has 0 aromatic heterocycles. The topological polar surface area (TPSA) is 55.8 Å². The summed E-state index contributed by atoms with van der Waals surface area (Å²) < 4.78 is 11.2. The molecule has 0 fully saturated rings. The van der Waals surface area contributed by atoms with Gasteiger partial charge in [-0.1, -0.05) is 22.0 Å². The summed E-state index contributed by atoms with van der Waals surface area (Å²) >= 11 is 3.32. The monoisotopic (exact) mass is 302 g/mol. The molecule has 0 aliphatic rings. The van der Waals surface area contributed by atoms with Crippen LogP contribution >= 0.6 is 15.9 Å². The summed E-state index contributed by atoms with van der Waals surface area (Å²) in [5.74, 6) is -0.756. The summed E-state index contributed by atoms with van der Waals surface area (Å²) in [7, 11) is 1.55. The summed E-state index contributed by atoms with van der Waals surface area (Å²) in [5, 5.41) is 8.99. The van der Waals surface area contributed by atoms with Crippen molar-refractivity contribution in [3.05, 3.63) is 28.7 Å². The number of rotatable bonds is 7. The highest BCUT2D eigenvalue weighted by atomic mass is 79.9. The molecule has 0 radical (unpaired) electrons. The number of hydrogen-bond acceptors (Lipinski definition) is 3. The smallest absolute Gasteiger partial charge is 0.310 e. The molecule has 4 nitrogen and oxygen atoms in total. The second-order valence-electron chi connectivity index (χ2n) is 3.59. The fourth-order valence-corrected chi connectivity index (χ4v) is 1.67. The first-order valence-electron chi connectivity index (χ1n) is 5.23. The first kappa shape index (κ1) is 14.0. The lowest BCUT2D eigenvalue weighted by atomic mass is 10.1. The number of carboxylic acids is 1. The molecule has 0 bridgehead atoms. The van der Waals surface area contributed by atoms with E-state index >= 15 is 0 Å². The first-order valence-corrected chi connectivity index (χ1v) is 6.03. The molecule has 94 valence electrons. The highest BCUT2D eigenvalue weighted by Gasteiger charge is 2.17. The van der Waals surface area contributed by atoms with Crippen LogP contribution in [0.25, 0.3) is 0 Å². The fourth-order valence-electron chi connectivity index (χ4n) is 1.29. The van der Waals surface area contributed by atoms with E-state index in [0.717, 1.165) is 4.47 Å². The zero-order valence-corrected chi connectivity index (χ0v) is 11.1. The second-order valence-corrected chi connectivity index (χ2v) is 4.50. The van der Waals surface area contributed by atoms with Crippen molar-refractivity contribution in [2.24, 2.45) is 5.92 Å². The van der Waals surface area contributed by atoms with E-state index in [1.54, 1.807) is 19.2 Å². The van der Waals surface area contributed by atoms with Crippen LogP contribution in [0.2, 0.25) is 0 Å². The van der Waals surface area contributed by atoms with Crippen molar-refractivity contribution in [3.8, 4) is 5.75 Å². The van der Waals surface area contributed by atoms with Crippen LogP contribution in [0.5, 0.6) is 5.75 Å². The predicted octanol–water partition coefficient (Wildman–Crippen LogP) is 2.57. The maximum absolute atomic E-state index is 10.9. The molecular formula is C12H15BrO4. The average Bonchev–Trinajstić information content (AvgIpc) is 2.28. The Bertz CT molecular complexity index is 367. The van der Waals surface area contributed by atoms with Crippen LogP contribution in [0.15, 0.2) is 28.7 Å². The maximum Gasteiger partial charge on any atom is 0.310 e. The van der Waals surface area contributed by atoms with Crippen LogP contribution in [0.4, 0.5) is 0 Å². The van der Waals surface area contributed by atoms with Gasteiger partial charge in [-0.2, -0.15) is 0 Å². The largest absolute Gasteiger partial charge is 0.493 e. The predicted molar refractivity (Wildman–Crippen MR) is 67.3 cm³/mol. The molecule has 1 aromatic rings. The molecule has 1 rings (SSSR count).